The van der Waals surface area contributed by atoms with E-state index in [-0.39, 0.29) is 23.6 Å². The lowest BCUT2D eigenvalue weighted by Gasteiger charge is -2.31. The maximum atomic E-state index is 13.9. The van der Waals surface area contributed by atoms with Gasteiger partial charge in [0, 0.05) is 42.6 Å². The molecule has 5 nitrogen and oxygen atoms in total. The molecule has 1 aromatic heterocycles. The van der Waals surface area contributed by atoms with Crippen molar-refractivity contribution in [3.05, 3.63) is 95.3 Å². The minimum absolute atomic E-state index is 0.0609. The summed E-state index contributed by atoms with van der Waals surface area (Å²) in [7, 11) is 0. The number of amides is 1. The van der Waals surface area contributed by atoms with Gasteiger partial charge in [0.05, 0.1) is 4.70 Å². The summed E-state index contributed by atoms with van der Waals surface area (Å²) >= 11 is 1.33. The van der Waals surface area contributed by atoms with E-state index in [0.717, 1.165) is 4.70 Å². The number of aromatic nitrogens is 1. The van der Waals surface area contributed by atoms with Crippen LogP contribution in [0.2, 0.25) is 0 Å². The van der Waals surface area contributed by atoms with Crippen molar-refractivity contribution in [2.75, 3.05) is 13.1 Å². The highest BCUT2D eigenvalue weighted by Crippen LogP contribution is 2.31. The number of likely N-dealkylation sites (tertiary alicyclic amines) is 1. The number of ketones is 1. The van der Waals surface area contributed by atoms with E-state index in [0.29, 0.717) is 53.3 Å². The Labute approximate surface area is 194 Å². The van der Waals surface area contributed by atoms with Crippen LogP contribution in [0.3, 0.4) is 0 Å². The Bertz CT molecular complexity index is 1300. The van der Waals surface area contributed by atoms with Gasteiger partial charge < -0.3 is 9.64 Å². The van der Waals surface area contributed by atoms with E-state index in [9.17, 15) is 14.0 Å². The van der Waals surface area contributed by atoms with Crippen LogP contribution in [0.1, 0.15) is 39.1 Å². The van der Waals surface area contributed by atoms with Crippen molar-refractivity contribution in [3.63, 3.8) is 0 Å². The molecule has 1 saturated heterocycles. The summed E-state index contributed by atoms with van der Waals surface area (Å²) in [5, 5.41) is 0.457. The molecule has 33 heavy (non-hydrogen) atoms. The van der Waals surface area contributed by atoms with E-state index in [1.54, 1.807) is 47.4 Å². The molecule has 5 rings (SSSR count). The number of fused-ring (bicyclic) bond motifs is 1. The number of benzene rings is 3. The number of hydrogen-bond acceptors (Lipinski definition) is 5. The standard InChI is InChI=1S/C26H21FN2O3S/c27-21-7-4-8-22-23(21)28-26(33-22)32-20-13-15-29(16-14-20)25(31)19-11-9-18(10-12-19)24(30)17-5-2-1-3-6-17/h1-12,20H,13-16H2. The average molecular weight is 461 g/mol. The maximum absolute atomic E-state index is 13.9. The second kappa shape index (κ2) is 9.11. The van der Waals surface area contributed by atoms with Crippen LogP contribution in [0.5, 0.6) is 5.19 Å². The molecule has 166 valence electrons. The van der Waals surface area contributed by atoms with E-state index in [1.807, 2.05) is 24.3 Å². The fraction of sp³-hybridized carbons (Fsp3) is 0.192. The van der Waals surface area contributed by atoms with Gasteiger partial charge in [-0.15, -0.1) is 0 Å². The van der Waals surface area contributed by atoms with E-state index >= 15 is 0 Å². The molecule has 3 aromatic carbocycles. The Kier molecular flexibility index (Phi) is 5.88. The lowest BCUT2D eigenvalue weighted by atomic mass is 10.0. The predicted octanol–water partition coefficient (Wildman–Crippen LogP) is 5.35. The van der Waals surface area contributed by atoms with Crippen LogP contribution >= 0.6 is 11.3 Å². The molecule has 0 unspecified atom stereocenters. The smallest absolute Gasteiger partial charge is 0.274 e. The summed E-state index contributed by atoms with van der Waals surface area (Å²) < 4.78 is 20.6. The summed E-state index contributed by atoms with van der Waals surface area (Å²) in [6, 6.07) is 20.8. The van der Waals surface area contributed by atoms with Gasteiger partial charge in [-0.05, 0) is 24.3 Å². The zero-order chi connectivity index (χ0) is 22.8. The topological polar surface area (TPSA) is 59.5 Å². The molecule has 0 saturated carbocycles. The van der Waals surface area contributed by atoms with Crippen molar-refractivity contribution in [2.24, 2.45) is 0 Å². The van der Waals surface area contributed by atoms with Crippen molar-refractivity contribution in [1.82, 2.24) is 9.88 Å². The molecule has 1 fully saturated rings. The zero-order valence-electron chi connectivity index (χ0n) is 17.7. The van der Waals surface area contributed by atoms with Gasteiger partial charge in [-0.2, -0.15) is 4.98 Å². The van der Waals surface area contributed by atoms with Gasteiger partial charge >= 0.3 is 0 Å². The van der Waals surface area contributed by atoms with Crippen LogP contribution in [0, 0.1) is 5.82 Å². The molecular weight excluding hydrogens is 439 g/mol. The first kappa shape index (κ1) is 21.3. The third-order valence-electron chi connectivity index (χ3n) is 5.78. The highest BCUT2D eigenvalue weighted by Gasteiger charge is 2.26. The van der Waals surface area contributed by atoms with E-state index in [2.05, 4.69) is 4.98 Å². The van der Waals surface area contributed by atoms with Crippen LogP contribution in [0.25, 0.3) is 10.2 Å². The summed E-state index contributed by atoms with van der Waals surface area (Å²) in [5.41, 5.74) is 2.06. The molecule has 1 aliphatic rings. The van der Waals surface area contributed by atoms with Crippen molar-refractivity contribution in [3.8, 4) is 5.19 Å². The Morgan fingerprint density at radius 1 is 0.879 bits per heavy atom. The largest absolute Gasteiger partial charge is 0.467 e. The number of carbonyl (C=O) groups excluding carboxylic acids is 2. The highest BCUT2D eigenvalue weighted by atomic mass is 32.1. The van der Waals surface area contributed by atoms with Crippen LogP contribution in [0.4, 0.5) is 4.39 Å². The van der Waals surface area contributed by atoms with Gasteiger partial charge in [0.1, 0.15) is 17.4 Å². The Hall–Kier alpha value is -3.58. The zero-order valence-corrected chi connectivity index (χ0v) is 18.6. The maximum Gasteiger partial charge on any atom is 0.274 e. The molecule has 1 amide bonds. The normalized spacial score (nSPS) is 14.4. The summed E-state index contributed by atoms with van der Waals surface area (Å²) in [6.45, 7) is 1.13. The van der Waals surface area contributed by atoms with Crippen molar-refractivity contribution in [2.45, 2.75) is 18.9 Å². The second-order valence-electron chi connectivity index (χ2n) is 7.95. The summed E-state index contributed by atoms with van der Waals surface area (Å²) in [4.78, 5) is 31.5. The monoisotopic (exact) mass is 460 g/mol. The molecule has 0 spiro atoms. The molecular formula is C26H21FN2O3S. The van der Waals surface area contributed by atoms with Crippen molar-refractivity contribution in [1.29, 1.82) is 0 Å². The minimum Gasteiger partial charge on any atom is -0.467 e. The molecule has 7 heteroatoms. The fourth-order valence-electron chi connectivity index (χ4n) is 3.97. The van der Waals surface area contributed by atoms with E-state index in [1.165, 1.54) is 17.4 Å². The van der Waals surface area contributed by atoms with E-state index < -0.39 is 0 Å². The van der Waals surface area contributed by atoms with Gasteiger partial charge in [0.15, 0.2) is 5.78 Å². The molecule has 2 heterocycles. The number of hydrogen-bond donors (Lipinski definition) is 0. The summed E-state index contributed by atoms with van der Waals surface area (Å²) in [6.07, 6.45) is 1.28. The van der Waals surface area contributed by atoms with Gasteiger partial charge in [0.2, 0.25) is 0 Å². The number of thiazole rings is 1. The lowest BCUT2D eigenvalue weighted by molar-refractivity contribution is 0.0595. The van der Waals surface area contributed by atoms with Crippen molar-refractivity contribution >= 4 is 33.2 Å². The molecule has 0 N–H and O–H groups in total. The Balaban J connectivity index is 1.19. The average Bonchev–Trinajstić information content (AvgIpc) is 3.28. The van der Waals surface area contributed by atoms with Crippen LogP contribution in [0.15, 0.2) is 72.8 Å². The van der Waals surface area contributed by atoms with Crippen LogP contribution in [-0.4, -0.2) is 40.8 Å². The third kappa shape index (κ3) is 4.50. The van der Waals surface area contributed by atoms with Gasteiger partial charge in [-0.3, -0.25) is 9.59 Å². The second-order valence-corrected chi connectivity index (χ2v) is 8.94. The Morgan fingerprint density at radius 3 is 2.24 bits per heavy atom. The summed E-state index contributed by atoms with van der Waals surface area (Å²) in [5.74, 6) is -0.480. The fourth-order valence-corrected chi connectivity index (χ4v) is 4.86. The Morgan fingerprint density at radius 2 is 1.55 bits per heavy atom. The number of halogens is 1. The third-order valence-corrected chi connectivity index (χ3v) is 6.69. The molecule has 1 aliphatic heterocycles. The number of para-hydroxylation sites is 1. The molecule has 0 bridgehead atoms. The first-order valence-corrected chi connectivity index (χ1v) is 11.6. The number of ether oxygens (including phenoxy) is 1. The van der Waals surface area contributed by atoms with E-state index in [4.69, 9.17) is 4.74 Å². The SMILES string of the molecule is O=C(c1ccccc1)c1ccc(C(=O)N2CCC(Oc3nc4c(F)cccc4s3)CC2)cc1. The molecule has 4 aromatic rings. The van der Waals surface area contributed by atoms with Gasteiger partial charge in [0.25, 0.3) is 11.1 Å². The first-order chi connectivity index (χ1) is 16.1. The predicted molar refractivity (Wildman–Crippen MR) is 125 cm³/mol. The van der Waals surface area contributed by atoms with Crippen LogP contribution < -0.4 is 4.74 Å². The van der Waals surface area contributed by atoms with Gasteiger partial charge in [-0.1, -0.05) is 59.9 Å². The number of rotatable bonds is 5. The first-order valence-electron chi connectivity index (χ1n) is 10.8. The quantitative estimate of drug-likeness (QED) is 0.377. The van der Waals surface area contributed by atoms with Gasteiger partial charge in [-0.25, -0.2) is 4.39 Å². The number of piperidine rings is 1. The van der Waals surface area contributed by atoms with Crippen molar-refractivity contribution < 1.29 is 18.7 Å². The minimum atomic E-state index is -0.351. The number of carbonyl (C=O) groups is 2. The highest BCUT2D eigenvalue weighted by molar-refractivity contribution is 7.20. The molecule has 0 atom stereocenters. The molecule has 0 aliphatic carbocycles. The van der Waals surface area contributed by atoms with Crippen LogP contribution in [-0.2, 0) is 0 Å². The lowest BCUT2D eigenvalue weighted by Crippen LogP contribution is -2.41. The number of nitrogens with zero attached hydrogens (tertiary/aromatic N) is 2. The molecule has 0 radical (unpaired) electrons.